The van der Waals surface area contributed by atoms with Crippen LogP contribution in [0.15, 0.2) is 59.0 Å². The van der Waals surface area contributed by atoms with E-state index in [-0.39, 0.29) is 0 Å². The van der Waals surface area contributed by atoms with Gasteiger partial charge in [-0.25, -0.2) is 0 Å². The van der Waals surface area contributed by atoms with Crippen LogP contribution in [0.25, 0.3) is 22.4 Å². The molecule has 2 heterocycles. The first-order valence-corrected chi connectivity index (χ1v) is 8.37. The number of benzene rings is 2. The van der Waals surface area contributed by atoms with Crippen LogP contribution in [0, 0.1) is 11.3 Å². The number of ether oxygens (including phenoxy) is 1. The predicted octanol–water partition coefficient (Wildman–Crippen LogP) is 4.33. The van der Waals surface area contributed by atoms with E-state index < -0.39 is 0 Å². The molecule has 0 unspecified atom stereocenters. The van der Waals surface area contributed by atoms with E-state index in [0.29, 0.717) is 24.5 Å². The van der Waals surface area contributed by atoms with Crippen LogP contribution in [0.5, 0.6) is 0 Å². The third-order valence-corrected chi connectivity index (χ3v) is 4.40. The number of hydrogen-bond donors (Lipinski definition) is 0. The molecule has 4 rings (SSSR count). The van der Waals surface area contributed by atoms with Crippen molar-refractivity contribution in [1.29, 1.82) is 5.26 Å². The van der Waals surface area contributed by atoms with Gasteiger partial charge < -0.3 is 14.1 Å². The first-order chi connectivity index (χ1) is 12.3. The van der Waals surface area contributed by atoms with E-state index in [1.54, 1.807) is 6.08 Å². The smallest absolute Gasteiger partial charge is 0.196 e. The van der Waals surface area contributed by atoms with Gasteiger partial charge in [0.05, 0.1) is 24.9 Å². The molecule has 124 valence electrons. The van der Waals surface area contributed by atoms with E-state index in [2.05, 4.69) is 23.1 Å². The van der Waals surface area contributed by atoms with Crippen molar-refractivity contribution < 1.29 is 9.15 Å². The second-order valence-electron chi connectivity index (χ2n) is 6.01. The van der Waals surface area contributed by atoms with Gasteiger partial charge in [-0.15, -0.1) is 0 Å². The Hall–Kier alpha value is -3.03. The topological polar surface area (TPSA) is 49.4 Å². The molecule has 0 radical (unpaired) electrons. The Morgan fingerprint density at radius 1 is 1.00 bits per heavy atom. The summed E-state index contributed by atoms with van der Waals surface area (Å²) >= 11 is 0. The zero-order valence-electron chi connectivity index (χ0n) is 13.8. The molecule has 0 aliphatic carbocycles. The molecule has 0 amide bonds. The molecule has 25 heavy (non-hydrogen) atoms. The summed E-state index contributed by atoms with van der Waals surface area (Å²) in [6, 6.07) is 20.3. The maximum absolute atomic E-state index is 9.58. The van der Waals surface area contributed by atoms with Gasteiger partial charge in [-0.05, 0) is 34.5 Å². The zero-order valence-corrected chi connectivity index (χ0v) is 13.8. The molecule has 3 aromatic rings. The second kappa shape index (κ2) is 6.84. The Morgan fingerprint density at radius 2 is 1.80 bits per heavy atom. The molecule has 0 atom stereocenters. The van der Waals surface area contributed by atoms with Crippen molar-refractivity contribution in [3.05, 3.63) is 65.9 Å². The molecule has 1 aliphatic rings. The largest absolute Gasteiger partial charge is 0.441 e. The Morgan fingerprint density at radius 3 is 2.60 bits per heavy atom. The van der Waals surface area contributed by atoms with Crippen LogP contribution < -0.4 is 4.90 Å². The summed E-state index contributed by atoms with van der Waals surface area (Å²) in [5.41, 5.74) is 1.49. The standard InChI is InChI=1S/C21H18N2O2/c22-15-19(18-6-5-16-3-1-2-4-17(16)13-18)14-20-7-8-21(25-20)23-9-11-24-12-10-23/h1-8,13-14H,9-12H2/b19-14+. The summed E-state index contributed by atoms with van der Waals surface area (Å²) in [7, 11) is 0. The number of fused-ring (bicyclic) bond motifs is 1. The first-order valence-electron chi connectivity index (χ1n) is 8.37. The molecule has 0 bridgehead atoms. The maximum Gasteiger partial charge on any atom is 0.196 e. The van der Waals surface area contributed by atoms with E-state index in [1.807, 2.05) is 42.5 Å². The lowest BCUT2D eigenvalue weighted by atomic mass is 10.0. The summed E-state index contributed by atoms with van der Waals surface area (Å²) < 4.78 is 11.3. The number of nitrogens with zero attached hydrogens (tertiary/aromatic N) is 2. The molecule has 0 spiro atoms. The van der Waals surface area contributed by atoms with Crippen molar-refractivity contribution in [2.75, 3.05) is 31.2 Å². The number of morpholine rings is 1. The predicted molar refractivity (Wildman–Crippen MR) is 99.2 cm³/mol. The van der Waals surface area contributed by atoms with E-state index in [4.69, 9.17) is 9.15 Å². The molecular weight excluding hydrogens is 312 g/mol. The van der Waals surface area contributed by atoms with Gasteiger partial charge in [0.25, 0.3) is 0 Å². The van der Waals surface area contributed by atoms with Crippen molar-refractivity contribution in [2.24, 2.45) is 0 Å². The van der Waals surface area contributed by atoms with Crippen LogP contribution in [0.4, 0.5) is 5.88 Å². The Bertz CT molecular complexity index is 959. The first kappa shape index (κ1) is 15.5. The van der Waals surface area contributed by atoms with Gasteiger partial charge in [-0.2, -0.15) is 5.26 Å². The third kappa shape index (κ3) is 3.28. The van der Waals surface area contributed by atoms with Gasteiger partial charge >= 0.3 is 0 Å². The highest BCUT2D eigenvalue weighted by atomic mass is 16.5. The van der Waals surface area contributed by atoms with E-state index in [0.717, 1.165) is 35.3 Å². The van der Waals surface area contributed by atoms with Crippen molar-refractivity contribution in [3.8, 4) is 6.07 Å². The van der Waals surface area contributed by atoms with Crippen LogP contribution in [-0.2, 0) is 4.74 Å². The minimum Gasteiger partial charge on any atom is -0.441 e. The van der Waals surface area contributed by atoms with Crippen LogP contribution in [0.3, 0.4) is 0 Å². The normalized spacial score (nSPS) is 15.3. The van der Waals surface area contributed by atoms with Crippen molar-refractivity contribution in [3.63, 3.8) is 0 Å². The summed E-state index contributed by atoms with van der Waals surface area (Å²) in [4.78, 5) is 2.16. The SMILES string of the molecule is N#C/C(=C\c1ccc(N2CCOCC2)o1)c1ccc2ccccc2c1. The molecule has 2 aromatic carbocycles. The molecule has 1 fully saturated rings. The number of furan rings is 1. The number of rotatable bonds is 3. The van der Waals surface area contributed by atoms with Gasteiger partial charge in [-0.3, -0.25) is 0 Å². The summed E-state index contributed by atoms with van der Waals surface area (Å²) in [5.74, 6) is 1.51. The van der Waals surface area contributed by atoms with Gasteiger partial charge in [0.2, 0.25) is 0 Å². The Labute approximate surface area is 146 Å². The van der Waals surface area contributed by atoms with Crippen LogP contribution in [-0.4, -0.2) is 26.3 Å². The number of hydrogen-bond acceptors (Lipinski definition) is 4. The third-order valence-electron chi connectivity index (χ3n) is 4.40. The fraction of sp³-hybridized carbons (Fsp3) is 0.190. The van der Waals surface area contributed by atoms with Crippen molar-refractivity contribution in [1.82, 2.24) is 0 Å². The Kier molecular flexibility index (Phi) is 4.24. The molecular formula is C21H18N2O2. The van der Waals surface area contributed by atoms with Gasteiger partial charge in [0.1, 0.15) is 5.76 Å². The minimum absolute atomic E-state index is 0.591. The lowest BCUT2D eigenvalue weighted by Crippen LogP contribution is -2.35. The molecule has 1 aromatic heterocycles. The summed E-state index contributed by atoms with van der Waals surface area (Å²) in [5, 5.41) is 11.9. The quantitative estimate of drug-likeness (QED) is 0.671. The molecule has 0 saturated carbocycles. The fourth-order valence-corrected chi connectivity index (χ4v) is 3.05. The van der Waals surface area contributed by atoms with E-state index in [1.165, 1.54) is 0 Å². The van der Waals surface area contributed by atoms with E-state index >= 15 is 0 Å². The average molecular weight is 330 g/mol. The zero-order chi connectivity index (χ0) is 17.1. The van der Waals surface area contributed by atoms with Crippen molar-refractivity contribution >= 4 is 28.3 Å². The van der Waals surface area contributed by atoms with Gasteiger partial charge in [0, 0.05) is 19.2 Å². The summed E-state index contributed by atoms with van der Waals surface area (Å²) in [6.07, 6.45) is 1.80. The van der Waals surface area contributed by atoms with Crippen molar-refractivity contribution in [2.45, 2.75) is 0 Å². The van der Waals surface area contributed by atoms with Gasteiger partial charge in [0.15, 0.2) is 5.88 Å². The van der Waals surface area contributed by atoms with Crippen LogP contribution in [0.2, 0.25) is 0 Å². The molecule has 4 heteroatoms. The molecule has 0 N–H and O–H groups in total. The van der Waals surface area contributed by atoms with E-state index in [9.17, 15) is 5.26 Å². The number of anilines is 1. The second-order valence-corrected chi connectivity index (χ2v) is 6.01. The van der Waals surface area contributed by atoms with Gasteiger partial charge in [-0.1, -0.05) is 36.4 Å². The average Bonchev–Trinajstić information content (AvgIpc) is 3.15. The maximum atomic E-state index is 9.58. The number of nitriles is 1. The molecule has 1 saturated heterocycles. The highest BCUT2D eigenvalue weighted by Gasteiger charge is 2.14. The lowest BCUT2D eigenvalue weighted by Gasteiger charge is -2.26. The Balaban J connectivity index is 1.63. The number of allylic oxidation sites excluding steroid dienone is 1. The van der Waals surface area contributed by atoms with Crippen LogP contribution >= 0.6 is 0 Å². The van der Waals surface area contributed by atoms with Crippen LogP contribution in [0.1, 0.15) is 11.3 Å². The highest BCUT2D eigenvalue weighted by molar-refractivity contribution is 5.93. The molecule has 1 aliphatic heterocycles. The fourth-order valence-electron chi connectivity index (χ4n) is 3.05. The molecule has 4 nitrogen and oxygen atoms in total. The highest BCUT2D eigenvalue weighted by Crippen LogP contribution is 2.26. The monoisotopic (exact) mass is 330 g/mol. The summed E-state index contributed by atoms with van der Waals surface area (Å²) in [6.45, 7) is 3.08. The minimum atomic E-state index is 0.591. The lowest BCUT2D eigenvalue weighted by molar-refractivity contribution is 0.120.